The first-order valence-corrected chi connectivity index (χ1v) is 7.08. The molecule has 1 nitrogen and oxygen atoms in total. The van der Waals surface area contributed by atoms with Crippen molar-refractivity contribution in [1.29, 1.82) is 0 Å². The van der Waals surface area contributed by atoms with Gasteiger partial charge in [0.15, 0.2) is 0 Å². The van der Waals surface area contributed by atoms with Crippen LogP contribution in [0.1, 0.15) is 51.0 Å². The Morgan fingerprint density at radius 3 is 2.59 bits per heavy atom. The Balaban J connectivity index is 1.71. The zero-order valence-electron chi connectivity index (χ0n) is 10.9. The summed E-state index contributed by atoms with van der Waals surface area (Å²) in [6.45, 7) is 2.26. The van der Waals surface area contributed by atoms with Gasteiger partial charge in [-0.25, -0.2) is 0 Å². The van der Waals surface area contributed by atoms with E-state index in [0.717, 1.165) is 6.42 Å². The van der Waals surface area contributed by atoms with Gasteiger partial charge in [-0.05, 0) is 31.2 Å². The maximum absolute atomic E-state index is 6.11. The lowest BCUT2D eigenvalue weighted by Gasteiger charge is -2.13. The Hall–Kier alpha value is -0.820. The summed E-state index contributed by atoms with van der Waals surface area (Å²) in [5.74, 6) is 0. The number of benzene rings is 1. The van der Waals surface area contributed by atoms with E-state index in [1.54, 1.807) is 0 Å². The van der Waals surface area contributed by atoms with Crippen LogP contribution in [0.25, 0.3) is 0 Å². The number of rotatable bonds is 6. The van der Waals surface area contributed by atoms with Crippen molar-refractivity contribution < 1.29 is 4.74 Å². The van der Waals surface area contributed by atoms with Crippen molar-refractivity contribution >= 4 is 0 Å². The van der Waals surface area contributed by atoms with Gasteiger partial charge in [0.25, 0.3) is 0 Å². The molecule has 2 atom stereocenters. The first kappa shape index (κ1) is 12.6. The molecule has 0 radical (unpaired) electrons. The SMILES string of the molecule is CCCCCC1CCC(Cc2ccccc2)O1. The Morgan fingerprint density at radius 1 is 1.06 bits per heavy atom. The van der Waals surface area contributed by atoms with Gasteiger partial charge in [0.05, 0.1) is 12.2 Å². The zero-order valence-corrected chi connectivity index (χ0v) is 10.9. The van der Waals surface area contributed by atoms with Gasteiger partial charge in [0.2, 0.25) is 0 Å². The average molecular weight is 232 g/mol. The smallest absolute Gasteiger partial charge is 0.0620 e. The van der Waals surface area contributed by atoms with Gasteiger partial charge in [-0.1, -0.05) is 56.5 Å². The summed E-state index contributed by atoms with van der Waals surface area (Å²) in [5.41, 5.74) is 1.41. The van der Waals surface area contributed by atoms with Gasteiger partial charge < -0.3 is 4.74 Å². The molecule has 0 aromatic heterocycles. The largest absolute Gasteiger partial charge is 0.375 e. The monoisotopic (exact) mass is 232 g/mol. The molecular weight excluding hydrogens is 208 g/mol. The molecule has 1 aliphatic rings. The van der Waals surface area contributed by atoms with Crippen molar-refractivity contribution in [2.75, 3.05) is 0 Å². The molecule has 1 aliphatic heterocycles. The zero-order chi connectivity index (χ0) is 11.9. The summed E-state index contributed by atoms with van der Waals surface area (Å²) in [6, 6.07) is 10.7. The minimum atomic E-state index is 0.462. The van der Waals surface area contributed by atoms with Crippen LogP contribution in [0.15, 0.2) is 30.3 Å². The van der Waals surface area contributed by atoms with E-state index in [0.29, 0.717) is 12.2 Å². The van der Waals surface area contributed by atoms with E-state index in [-0.39, 0.29) is 0 Å². The highest BCUT2D eigenvalue weighted by atomic mass is 16.5. The fourth-order valence-electron chi connectivity index (χ4n) is 2.64. The van der Waals surface area contributed by atoms with Crippen LogP contribution >= 0.6 is 0 Å². The van der Waals surface area contributed by atoms with Crippen molar-refractivity contribution in [1.82, 2.24) is 0 Å². The topological polar surface area (TPSA) is 9.23 Å². The molecule has 1 aromatic rings. The summed E-state index contributed by atoms with van der Waals surface area (Å²) in [5, 5.41) is 0. The van der Waals surface area contributed by atoms with E-state index in [9.17, 15) is 0 Å². The molecule has 0 spiro atoms. The summed E-state index contributed by atoms with van der Waals surface area (Å²) in [7, 11) is 0. The fraction of sp³-hybridized carbons (Fsp3) is 0.625. The molecule has 0 saturated carbocycles. The maximum atomic E-state index is 6.11. The highest BCUT2D eigenvalue weighted by Gasteiger charge is 2.24. The Kier molecular flexibility index (Phi) is 5.06. The molecule has 1 heteroatoms. The van der Waals surface area contributed by atoms with E-state index in [4.69, 9.17) is 4.74 Å². The van der Waals surface area contributed by atoms with Gasteiger partial charge in [-0.2, -0.15) is 0 Å². The molecule has 1 saturated heterocycles. The molecule has 2 rings (SSSR count). The van der Waals surface area contributed by atoms with Crippen LogP contribution in [0.4, 0.5) is 0 Å². The van der Waals surface area contributed by atoms with Gasteiger partial charge in [-0.15, -0.1) is 0 Å². The molecule has 17 heavy (non-hydrogen) atoms. The quantitative estimate of drug-likeness (QED) is 0.662. The standard InChI is InChI=1S/C16H24O/c1-2-3-5-10-15-11-12-16(17-15)13-14-8-6-4-7-9-14/h4,6-9,15-16H,2-3,5,10-13H2,1H3. The van der Waals surface area contributed by atoms with Crippen LogP contribution in [-0.4, -0.2) is 12.2 Å². The van der Waals surface area contributed by atoms with Gasteiger partial charge in [0, 0.05) is 0 Å². The second-order valence-corrected chi connectivity index (χ2v) is 5.14. The highest BCUT2D eigenvalue weighted by molar-refractivity contribution is 5.15. The first-order valence-electron chi connectivity index (χ1n) is 7.08. The molecule has 0 amide bonds. The van der Waals surface area contributed by atoms with Gasteiger partial charge in [0.1, 0.15) is 0 Å². The molecule has 1 heterocycles. The lowest BCUT2D eigenvalue weighted by atomic mass is 10.0. The van der Waals surface area contributed by atoms with Gasteiger partial charge >= 0.3 is 0 Å². The van der Waals surface area contributed by atoms with Crippen LogP contribution in [0, 0.1) is 0 Å². The van der Waals surface area contributed by atoms with Crippen LogP contribution in [0.3, 0.4) is 0 Å². The van der Waals surface area contributed by atoms with Crippen LogP contribution in [0.5, 0.6) is 0 Å². The third kappa shape index (κ3) is 4.16. The molecule has 1 aromatic carbocycles. The minimum Gasteiger partial charge on any atom is -0.375 e. The molecule has 94 valence electrons. The Labute approximate surface area is 105 Å². The predicted octanol–water partition coefficient (Wildman–Crippen LogP) is 4.36. The number of ether oxygens (including phenoxy) is 1. The number of unbranched alkanes of at least 4 members (excludes halogenated alkanes) is 2. The molecular formula is C16H24O. The summed E-state index contributed by atoms with van der Waals surface area (Å²) >= 11 is 0. The maximum Gasteiger partial charge on any atom is 0.0620 e. The first-order chi connectivity index (χ1) is 8.38. The average Bonchev–Trinajstić information content (AvgIpc) is 2.79. The van der Waals surface area contributed by atoms with E-state index in [1.165, 1.54) is 44.1 Å². The number of hydrogen-bond acceptors (Lipinski definition) is 1. The van der Waals surface area contributed by atoms with Gasteiger partial charge in [-0.3, -0.25) is 0 Å². The number of hydrogen-bond donors (Lipinski definition) is 0. The van der Waals surface area contributed by atoms with Crippen LogP contribution < -0.4 is 0 Å². The second-order valence-electron chi connectivity index (χ2n) is 5.14. The van der Waals surface area contributed by atoms with Crippen LogP contribution in [0.2, 0.25) is 0 Å². The predicted molar refractivity (Wildman–Crippen MR) is 72.2 cm³/mol. The summed E-state index contributed by atoms with van der Waals surface area (Å²) in [6.07, 6.45) is 9.85. The molecule has 0 N–H and O–H groups in total. The van der Waals surface area contributed by atoms with Crippen LogP contribution in [-0.2, 0) is 11.2 Å². The Bertz CT molecular complexity index is 307. The normalized spacial score (nSPS) is 24.1. The minimum absolute atomic E-state index is 0.462. The van der Waals surface area contributed by atoms with Crippen molar-refractivity contribution in [3.05, 3.63) is 35.9 Å². The van der Waals surface area contributed by atoms with E-state index in [2.05, 4.69) is 37.3 Å². The molecule has 0 bridgehead atoms. The summed E-state index contributed by atoms with van der Waals surface area (Å²) in [4.78, 5) is 0. The third-order valence-corrected chi connectivity index (χ3v) is 3.63. The third-order valence-electron chi connectivity index (χ3n) is 3.63. The lowest BCUT2D eigenvalue weighted by Crippen LogP contribution is -2.13. The van der Waals surface area contributed by atoms with Crippen molar-refractivity contribution in [2.24, 2.45) is 0 Å². The second kappa shape index (κ2) is 6.80. The summed E-state index contributed by atoms with van der Waals surface area (Å²) < 4.78 is 6.11. The van der Waals surface area contributed by atoms with Crippen molar-refractivity contribution in [3.8, 4) is 0 Å². The lowest BCUT2D eigenvalue weighted by molar-refractivity contribution is 0.0397. The Morgan fingerprint density at radius 2 is 1.82 bits per heavy atom. The molecule has 0 aliphatic carbocycles. The molecule has 2 unspecified atom stereocenters. The highest BCUT2D eigenvalue weighted by Crippen LogP contribution is 2.26. The van der Waals surface area contributed by atoms with E-state index in [1.807, 2.05) is 0 Å². The van der Waals surface area contributed by atoms with E-state index >= 15 is 0 Å². The van der Waals surface area contributed by atoms with Crippen molar-refractivity contribution in [3.63, 3.8) is 0 Å². The fourth-order valence-corrected chi connectivity index (χ4v) is 2.64. The molecule has 1 fully saturated rings. The van der Waals surface area contributed by atoms with E-state index < -0.39 is 0 Å². The van der Waals surface area contributed by atoms with Crippen molar-refractivity contribution in [2.45, 2.75) is 64.1 Å².